The second-order valence-corrected chi connectivity index (χ2v) is 2.49. The Morgan fingerprint density at radius 3 is 2.57 bits per heavy atom. The van der Waals surface area contributed by atoms with Crippen LogP contribution in [-0.2, 0) is 6.42 Å². The third kappa shape index (κ3) is 3.58. The van der Waals surface area contributed by atoms with Crippen molar-refractivity contribution in [1.82, 2.24) is 5.48 Å². The fourth-order valence-corrected chi connectivity index (χ4v) is 0.997. The maximum Gasteiger partial charge on any atom is 0.274 e. The van der Waals surface area contributed by atoms with Gasteiger partial charge in [-0.3, -0.25) is 10.0 Å². The summed E-state index contributed by atoms with van der Waals surface area (Å²) in [5.74, 6) is -0.467. The Hall–Kier alpha value is -1.35. The number of amides is 1. The number of carbonyl (C=O) groups is 1. The first-order valence-corrected chi connectivity index (χ1v) is 4.81. The van der Waals surface area contributed by atoms with Crippen LogP contribution in [0.25, 0.3) is 0 Å². The van der Waals surface area contributed by atoms with Crippen LogP contribution in [0.5, 0.6) is 0 Å². The summed E-state index contributed by atoms with van der Waals surface area (Å²) >= 11 is 0. The predicted octanol–water partition coefficient (Wildman–Crippen LogP) is 2.39. The molecule has 0 aromatic heterocycles. The first-order valence-electron chi connectivity index (χ1n) is 4.81. The van der Waals surface area contributed by atoms with E-state index in [2.05, 4.69) is 0 Å². The van der Waals surface area contributed by atoms with Crippen molar-refractivity contribution >= 4 is 5.91 Å². The molecule has 0 aliphatic carbocycles. The van der Waals surface area contributed by atoms with Crippen molar-refractivity contribution in [2.24, 2.45) is 0 Å². The molecular formula is C11H17NO2. The molecule has 0 bridgehead atoms. The summed E-state index contributed by atoms with van der Waals surface area (Å²) in [4.78, 5) is 10.9. The van der Waals surface area contributed by atoms with Gasteiger partial charge in [-0.1, -0.05) is 32.9 Å². The van der Waals surface area contributed by atoms with Crippen molar-refractivity contribution in [2.75, 3.05) is 0 Å². The van der Waals surface area contributed by atoms with Gasteiger partial charge in [0.2, 0.25) is 0 Å². The van der Waals surface area contributed by atoms with Crippen molar-refractivity contribution < 1.29 is 10.0 Å². The van der Waals surface area contributed by atoms with E-state index < -0.39 is 5.91 Å². The van der Waals surface area contributed by atoms with Gasteiger partial charge < -0.3 is 0 Å². The van der Waals surface area contributed by atoms with E-state index in [4.69, 9.17) is 5.21 Å². The van der Waals surface area contributed by atoms with Crippen LogP contribution in [0.15, 0.2) is 24.3 Å². The number of hydroxylamine groups is 1. The zero-order valence-corrected chi connectivity index (χ0v) is 8.87. The molecule has 0 aliphatic rings. The molecule has 0 heterocycles. The van der Waals surface area contributed by atoms with Gasteiger partial charge in [0.05, 0.1) is 0 Å². The normalized spacial score (nSPS) is 8.57. The van der Waals surface area contributed by atoms with Crippen molar-refractivity contribution in [2.45, 2.75) is 27.2 Å². The Labute approximate surface area is 84.7 Å². The van der Waals surface area contributed by atoms with E-state index in [1.54, 1.807) is 23.7 Å². The molecule has 0 unspecified atom stereocenters. The van der Waals surface area contributed by atoms with Crippen molar-refractivity contribution in [3.8, 4) is 0 Å². The first kappa shape index (κ1) is 12.7. The Bertz CT molecular complexity index is 284. The molecule has 1 aromatic rings. The highest BCUT2D eigenvalue weighted by Gasteiger charge is 2.02. The van der Waals surface area contributed by atoms with Gasteiger partial charge in [-0.15, -0.1) is 0 Å². The van der Waals surface area contributed by atoms with E-state index in [9.17, 15) is 4.79 Å². The lowest BCUT2D eigenvalue weighted by molar-refractivity contribution is 0.0706. The Kier molecular flexibility index (Phi) is 6.41. The minimum absolute atomic E-state index is 0.467. The lowest BCUT2D eigenvalue weighted by atomic mass is 10.1. The van der Waals surface area contributed by atoms with Crippen LogP contribution in [-0.4, -0.2) is 11.1 Å². The van der Waals surface area contributed by atoms with Crippen LogP contribution >= 0.6 is 0 Å². The summed E-state index contributed by atoms with van der Waals surface area (Å²) < 4.78 is 0. The lowest BCUT2D eigenvalue weighted by Crippen LogP contribution is -2.18. The van der Waals surface area contributed by atoms with Crippen LogP contribution in [0, 0.1) is 0 Å². The SMILES string of the molecule is CC.CCc1cccc(C(=O)NO)c1. The summed E-state index contributed by atoms with van der Waals surface area (Å²) in [5.41, 5.74) is 3.16. The van der Waals surface area contributed by atoms with Crippen LogP contribution in [0.3, 0.4) is 0 Å². The van der Waals surface area contributed by atoms with E-state index >= 15 is 0 Å². The smallest absolute Gasteiger partial charge is 0.274 e. The molecule has 1 aromatic carbocycles. The molecule has 0 saturated carbocycles. The monoisotopic (exact) mass is 195 g/mol. The van der Waals surface area contributed by atoms with Gasteiger partial charge in [-0.2, -0.15) is 0 Å². The molecule has 3 heteroatoms. The molecule has 0 radical (unpaired) electrons. The third-order valence-electron chi connectivity index (χ3n) is 1.70. The summed E-state index contributed by atoms with van der Waals surface area (Å²) in [6, 6.07) is 7.15. The third-order valence-corrected chi connectivity index (χ3v) is 1.70. The van der Waals surface area contributed by atoms with Crippen molar-refractivity contribution in [3.63, 3.8) is 0 Å². The van der Waals surface area contributed by atoms with Gasteiger partial charge >= 0.3 is 0 Å². The zero-order valence-electron chi connectivity index (χ0n) is 8.87. The molecule has 0 spiro atoms. The molecule has 1 rings (SSSR count). The van der Waals surface area contributed by atoms with E-state index in [1.165, 1.54) is 0 Å². The van der Waals surface area contributed by atoms with Gasteiger partial charge in [-0.25, -0.2) is 5.48 Å². The maximum atomic E-state index is 10.9. The summed E-state index contributed by atoms with van der Waals surface area (Å²) in [6.07, 6.45) is 0.881. The van der Waals surface area contributed by atoms with Crippen LogP contribution in [0.1, 0.15) is 36.7 Å². The average Bonchev–Trinajstić information content (AvgIpc) is 2.30. The molecule has 2 N–H and O–H groups in total. The largest absolute Gasteiger partial charge is 0.288 e. The molecular weight excluding hydrogens is 178 g/mol. The topological polar surface area (TPSA) is 49.3 Å². The predicted molar refractivity (Wildman–Crippen MR) is 56.4 cm³/mol. The number of rotatable bonds is 2. The molecule has 3 nitrogen and oxygen atoms in total. The molecule has 0 aliphatic heterocycles. The van der Waals surface area contributed by atoms with E-state index in [0.717, 1.165) is 12.0 Å². The van der Waals surface area contributed by atoms with E-state index in [0.29, 0.717) is 5.56 Å². The fraction of sp³-hybridized carbons (Fsp3) is 0.364. The van der Waals surface area contributed by atoms with Gasteiger partial charge in [-0.05, 0) is 24.1 Å². The lowest BCUT2D eigenvalue weighted by Gasteiger charge is -2.00. The molecule has 0 saturated heterocycles. The number of hydrogen-bond donors (Lipinski definition) is 2. The fourth-order valence-electron chi connectivity index (χ4n) is 0.997. The maximum absolute atomic E-state index is 10.9. The van der Waals surface area contributed by atoms with E-state index in [-0.39, 0.29) is 0 Å². The highest BCUT2D eigenvalue weighted by atomic mass is 16.5. The summed E-state index contributed by atoms with van der Waals surface area (Å²) in [6.45, 7) is 6.01. The van der Waals surface area contributed by atoms with Gasteiger partial charge in [0.25, 0.3) is 5.91 Å². The Balaban J connectivity index is 0.000000791. The minimum atomic E-state index is -0.467. The number of aryl methyl sites for hydroxylation is 1. The summed E-state index contributed by atoms with van der Waals surface area (Å²) in [7, 11) is 0. The van der Waals surface area contributed by atoms with Gasteiger partial charge in [0, 0.05) is 5.56 Å². The Morgan fingerprint density at radius 1 is 1.43 bits per heavy atom. The average molecular weight is 195 g/mol. The molecule has 78 valence electrons. The second-order valence-electron chi connectivity index (χ2n) is 2.49. The minimum Gasteiger partial charge on any atom is -0.288 e. The summed E-state index contributed by atoms with van der Waals surface area (Å²) in [5, 5.41) is 8.35. The number of benzene rings is 1. The number of hydrogen-bond acceptors (Lipinski definition) is 2. The number of carbonyl (C=O) groups excluding carboxylic acids is 1. The van der Waals surface area contributed by atoms with Crippen LogP contribution in [0.2, 0.25) is 0 Å². The molecule has 0 atom stereocenters. The van der Waals surface area contributed by atoms with Crippen LogP contribution < -0.4 is 5.48 Å². The highest BCUT2D eigenvalue weighted by Crippen LogP contribution is 2.05. The number of nitrogens with one attached hydrogen (secondary N) is 1. The van der Waals surface area contributed by atoms with Crippen LogP contribution in [0.4, 0.5) is 0 Å². The standard InChI is InChI=1S/C9H11NO2.C2H6/c1-2-7-4-3-5-8(6-7)9(11)10-12;1-2/h3-6,12H,2H2,1H3,(H,10,11);1-2H3. The second kappa shape index (κ2) is 7.09. The molecule has 0 fully saturated rings. The van der Waals surface area contributed by atoms with Gasteiger partial charge in [0.15, 0.2) is 0 Å². The highest BCUT2D eigenvalue weighted by molar-refractivity contribution is 5.93. The van der Waals surface area contributed by atoms with E-state index in [1.807, 2.05) is 26.8 Å². The molecule has 1 amide bonds. The van der Waals surface area contributed by atoms with Crippen molar-refractivity contribution in [3.05, 3.63) is 35.4 Å². The van der Waals surface area contributed by atoms with Crippen molar-refractivity contribution in [1.29, 1.82) is 0 Å². The molecule has 14 heavy (non-hydrogen) atoms. The quantitative estimate of drug-likeness (QED) is 0.562. The zero-order chi connectivity index (χ0) is 11.0. The van der Waals surface area contributed by atoms with Gasteiger partial charge in [0.1, 0.15) is 0 Å². The first-order chi connectivity index (χ1) is 6.77. The Morgan fingerprint density at radius 2 is 2.07 bits per heavy atom.